The molecule has 12 heteroatoms. The molecule has 0 fully saturated rings. The van der Waals surface area contributed by atoms with Crippen LogP contribution in [0.25, 0.3) is 31.8 Å². The van der Waals surface area contributed by atoms with E-state index < -0.39 is 12.2 Å². The first-order chi connectivity index (χ1) is 19.0. The summed E-state index contributed by atoms with van der Waals surface area (Å²) in [5.74, 6) is 2.09. The zero-order valence-corrected chi connectivity index (χ0v) is 22.1. The van der Waals surface area contributed by atoms with Crippen LogP contribution in [-0.2, 0) is 4.74 Å². The van der Waals surface area contributed by atoms with Crippen molar-refractivity contribution in [1.29, 1.82) is 0 Å². The highest BCUT2D eigenvalue weighted by Gasteiger charge is 2.26. The maximum absolute atomic E-state index is 12.2. The van der Waals surface area contributed by atoms with Gasteiger partial charge in [0, 0.05) is 11.6 Å². The van der Waals surface area contributed by atoms with Crippen molar-refractivity contribution < 1.29 is 28.5 Å². The molecule has 5 aromatic rings. The average Bonchev–Trinajstić information content (AvgIpc) is 3.40. The molecular formula is C27H23N5O6S. The van der Waals surface area contributed by atoms with Gasteiger partial charge in [-0.1, -0.05) is 0 Å². The van der Waals surface area contributed by atoms with Gasteiger partial charge in [-0.25, -0.2) is 24.7 Å². The first-order valence-corrected chi connectivity index (χ1v) is 12.8. The highest BCUT2D eigenvalue weighted by Crippen LogP contribution is 2.44. The lowest BCUT2D eigenvalue weighted by atomic mass is 10.1. The van der Waals surface area contributed by atoms with Gasteiger partial charge in [-0.15, -0.1) is 11.3 Å². The number of carbonyl (C=O) groups excluding carboxylic acids is 1. The number of ether oxygens (including phenoxy) is 5. The van der Waals surface area contributed by atoms with Gasteiger partial charge in [0.25, 0.3) is 0 Å². The van der Waals surface area contributed by atoms with Crippen molar-refractivity contribution in [2.75, 3.05) is 32.8 Å². The SMILES string of the molecule is COc1ccc(NC(=O)OC[C@H]2COc3c(ccc4nc(-c5cc(C)cc6nc(OC)cnc56)sc34)O2)cn1. The summed E-state index contributed by atoms with van der Waals surface area (Å²) in [6.07, 6.45) is 2.00. The van der Waals surface area contributed by atoms with Gasteiger partial charge in [0.2, 0.25) is 11.8 Å². The number of fused-ring (bicyclic) bond motifs is 4. The first-order valence-electron chi connectivity index (χ1n) is 12.0. The van der Waals surface area contributed by atoms with Crippen molar-refractivity contribution in [3.05, 3.63) is 54.4 Å². The van der Waals surface area contributed by atoms with Gasteiger partial charge in [-0.05, 0) is 42.8 Å². The summed E-state index contributed by atoms with van der Waals surface area (Å²) in [6.45, 7) is 2.24. The van der Waals surface area contributed by atoms with Gasteiger partial charge in [0.1, 0.15) is 22.9 Å². The second kappa shape index (κ2) is 10.2. The summed E-state index contributed by atoms with van der Waals surface area (Å²) >= 11 is 1.50. The van der Waals surface area contributed by atoms with Crippen LogP contribution < -0.4 is 24.3 Å². The maximum Gasteiger partial charge on any atom is 0.411 e. The number of rotatable bonds is 6. The van der Waals surface area contributed by atoms with Crippen molar-refractivity contribution in [3.8, 4) is 33.8 Å². The molecule has 1 aliphatic rings. The lowest BCUT2D eigenvalue weighted by molar-refractivity contribution is 0.0383. The van der Waals surface area contributed by atoms with E-state index in [2.05, 4.69) is 20.3 Å². The predicted molar refractivity (Wildman–Crippen MR) is 145 cm³/mol. The lowest BCUT2D eigenvalue weighted by Gasteiger charge is -2.26. The smallest absolute Gasteiger partial charge is 0.411 e. The minimum Gasteiger partial charge on any atom is -0.484 e. The third-order valence-corrected chi connectivity index (χ3v) is 7.09. The second-order valence-electron chi connectivity index (χ2n) is 8.72. The van der Waals surface area contributed by atoms with E-state index in [1.54, 1.807) is 25.4 Å². The van der Waals surface area contributed by atoms with Crippen LogP contribution in [-0.4, -0.2) is 59.6 Å². The second-order valence-corrected chi connectivity index (χ2v) is 9.72. The Morgan fingerprint density at radius 1 is 1.05 bits per heavy atom. The summed E-state index contributed by atoms with van der Waals surface area (Å²) in [7, 11) is 3.09. The number of aryl methyl sites for hydroxylation is 1. The Morgan fingerprint density at radius 3 is 2.72 bits per heavy atom. The van der Waals surface area contributed by atoms with Crippen LogP contribution in [0.5, 0.6) is 23.3 Å². The lowest BCUT2D eigenvalue weighted by Crippen LogP contribution is -2.35. The molecule has 3 aromatic heterocycles. The van der Waals surface area contributed by atoms with Gasteiger partial charge in [0.15, 0.2) is 17.6 Å². The molecule has 0 spiro atoms. The van der Waals surface area contributed by atoms with Crippen molar-refractivity contribution in [2.45, 2.75) is 13.0 Å². The number of amides is 1. The minimum absolute atomic E-state index is 0.0122. The van der Waals surface area contributed by atoms with Gasteiger partial charge in [0.05, 0.1) is 48.9 Å². The number of methoxy groups -OCH3 is 2. The van der Waals surface area contributed by atoms with Crippen LogP contribution in [0.2, 0.25) is 0 Å². The molecule has 0 saturated carbocycles. The number of thiazole rings is 1. The molecule has 2 aromatic carbocycles. The highest BCUT2D eigenvalue weighted by molar-refractivity contribution is 7.22. The van der Waals surface area contributed by atoms with Gasteiger partial charge in [-0.3, -0.25) is 5.32 Å². The van der Waals surface area contributed by atoms with Crippen LogP contribution in [0, 0.1) is 6.92 Å². The van der Waals surface area contributed by atoms with Crippen molar-refractivity contribution in [1.82, 2.24) is 19.9 Å². The fourth-order valence-corrected chi connectivity index (χ4v) is 5.25. The topological polar surface area (TPSA) is 127 Å². The zero-order chi connectivity index (χ0) is 26.9. The third-order valence-electron chi connectivity index (χ3n) is 5.98. The molecule has 11 nitrogen and oxygen atoms in total. The largest absolute Gasteiger partial charge is 0.484 e. The summed E-state index contributed by atoms with van der Waals surface area (Å²) in [6, 6.07) is 11.0. The van der Waals surface area contributed by atoms with E-state index in [1.807, 2.05) is 31.2 Å². The molecule has 1 amide bonds. The quantitative estimate of drug-likeness (QED) is 0.311. The fraction of sp³-hybridized carbons (Fsp3) is 0.222. The fourth-order valence-electron chi connectivity index (χ4n) is 4.17. The number of anilines is 1. The van der Waals surface area contributed by atoms with Crippen LogP contribution in [0.3, 0.4) is 0 Å². The molecule has 0 radical (unpaired) electrons. The van der Waals surface area contributed by atoms with Crippen LogP contribution in [0.15, 0.2) is 48.8 Å². The van der Waals surface area contributed by atoms with Gasteiger partial charge in [-0.2, -0.15) is 0 Å². The van der Waals surface area contributed by atoms with E-state index in [1.165, 1.54) is 24.6 Å². The average molecular weight is 546 g/mol. The van der Waals surface area contributed by atoms with Crippen LogP contribution >= 0.6 is 11.3 Å². The number of hydrogen-bond acceptors (Lipinski definition) is 11. The van der Waals surface area contributed by atoms with Crippen LogP contribution in [0.1, 0.15) is 5.56 Å². The van der Waals surface area contributed by atoms with Crippen molar-refractivity contribution in [3.63, 3.8) is 0 Å². The molecule has 0 saturated heterocycles. The number of aromatic nitrogens is 4. The third kappa shape index (κ3) is 4.93. The summed E-state index contributed by atoms with van der Waals surface area (Å²) in [4.78, 5) is 30.2. The Labute approximate surface area is 226 Å². The minimum atomic E-state index is -0.620. The number of pyridine rings is 1. The van der Waals surface area contributed by atoms with Crippen molar-refractivity contribution in [2.24, 2.45) is 0 Å². The standard InChI is InChI=1S/C27H23N5O6S/c1-14-8-17(23-19(9-14)31-22(35-3)11-29-23)26-32-18-5-6-20-24(25(18)39-26)36-12-16(38-20)13-37-27(33)30-15-4-7-21(34-2)28-10-15/h4-11,16H,12-13H2,1-3H3,(H,30,33)/t16-/m1/s1. The molecule has 1 atom stereocenters. The molecular weight excluding hydrogens is 522 g/mol. The Hall–Kier alpha value is -4.71. The molecule has 0 bridgehead atoms. The van der Waals surface area contributed by atoms with Crippen LogP contribution in [0.4, 0.5) is 10.5 Å². The summed E-state index contributed by atoms with van der Waals surface area (Å²) < 4.78 is 28.6. The number of hydrogen-bond donors (Lipinski definition) is 1. The van der Waals surface area contributed by atoms with E-state index in [-0.39, 0.29) is 13.2 Å². The molecule has 1 N–H and O–H groups in total. The predicted octanol–water partition coefficient (Wildman–Crippen LogP) is 5.02. The number of carbonyl (C=O) groups is 1. The molecule has 6 rings (SSSR count). The van der Waals surface area contributed by atoms with E-state index >= 15 is 0 Å². The summed E-state index contributed by atoms with van der Waals surface area (Å²) in [5.41, 5.74) is 4.68. The maximum atomic E-state index is 12.2. The van der Waals surface area contributed by atoms with Crippen molar-refractivity contribution >= 4 is 44.4 Å². The number of benzene rings is 2. The Balaban J connectivity index is 1.18. The van der Waals surface area contributed by atoms with Gasteiger partial charge < -0.3 is 23.7 Å². The molecule has 1 aliphatic heterocycles. The zero-order valence-electron chi connectivity index (χ0n) is 21.3. The van der Waals surface area contributed by atoms with E-state index in [0.717, 1.165) is 37.4 Å². The van der Waals surface area contributed by atoms with Gasteiger partial charge >= 0.3 is 6.09 Å². The molecule has 0 unspecified atom stereocenters. The van der Waals surface area contributed by atoms with E-state index in [4.69, 9.17) is 28.7 Å². The molecule has 198 valence electrons. The molecule has 0 aliphatic carbocycles. The highest BCUT2D eigenvalue weighted by atomic mass is 32.1. The van der Waals surface area contributed by atoms with E-state index in [0.29, 0.717) is 28.9 Å². The van der Waals surface area contributed by atoms with E-state index in [9.17, 15) is 4.79 Å². The molecule has 39 heavy (non-hydrogen) atoms. The molecule has 4 heterocycles. The Morgan fingerprint density at radius 2 is 1.92 bits per heavy atom. The monoisotopic (exact) mass is 545 g/mol. The Kier molecular flexibility index (Phi) is 6.45. The first kappa shape index (κ1) is 24.6. The summed E-state index contributed by atoms with van der Waals surface area (Å²) in [5, 5.41) is 3.42. The number of nitrogens with zero attached hydrogens (tertiary/aromatic N) is 4. The normalized spacial score (nSPS) is 14.3. The number of nitrogens with one attached hydrogen (secondary N) is 1. The Bertz CT molecular complexity index is 1690.